The van der Waals surface area contributed by atoms with Crippen LogP contribution in [0.3, 0.4) is 0 Å². The molecule has 0 radical (unpaired) electrons. The van der Waals surface area contributed by atoms with Gasteiger partial charge in [0.15, 0.2) is 11.6 Å². The molecule has 32 heavy (non-hydrogen) atoms. The van der Waals surface area contributed by atoms with E-state index in [1.807, 2.05) is 0 Å². The number of ether oxygens (including phenoxy) is 2. The summed E-state index contributed by atoms with van der Waals surface area (Å²) in [5, 5.41) is 18.7. The molecule has 0 spiro atoms. The lowest BCUT2D eigenvalue weighted by Gasteiger charge is -2.22. The highest BCUT2D eigenvalue weighted by Crippen LogP contribution is 2.19. The number of carbonyl (C=O) groups excluding carboxylic acids is 1. The Hall–Kier alpha value is -3.44. The van der Waals surface area contributed by atoms with Crippen LogP contribution in [0.5, 0.6) is 5.75 Å². The Morgan fingerprint density at radius 2 is 2.25 bits per heavy atom. The van der Waals surface area contributed by atoms with E-state index < -0.39 is 5.82 Å². The van der Waals surface area contributed by atoms with Crippen LogP contribution in [0.15, 0.2) is 30.3 Å². The highest BCUT2D eigenvalue weighted by atomic mass is 19.1. The topological polar surface area (TPSA) is 116 Å². The fourth-order valence-electron chi connectivity index (χ4n) is 3.36. The molecule has 168 valence electrons. The summed E-state index contributed by atoms with van der Waals surface area (Å²) < 4.78 is 24.2. The fraction of sp³-hybridized carbons (Fsp3) is 0.381. The number of carbonyl (C=O) groups is 1. The lowest BCUT2D eigenvalue weighted by Crippen LogP contribution is -2.41. The summed E-state index contributed by atoms with van der Waals surface area (Å²) in [6.45, 7) is 4.69. The minimum absolute atomic E-state index is 0.0172. The minimum atomic E-state index is -0.459. The van der Waals surface area contributed by atoms with E-state index in [2.05, 4.69) is 31.0 Å². The Kier molecular flexibility index (Phi) is 6.66. The second-order valence-corrected chi connectivity index (χ2v) is 7.40. The van der Waals surface area contributed by atoms with Gasteiger partial charge in [0.2, 0.25) is 5.82 Å². The van der Waals surface area contributed by atoms with Crippen molar-refractivity contribution in [3.05, 3.63) is 53.1 Å². The van der Waals surface area contributed by atoms with Crippen molar-refractivity contribution in [1.29, 1.82) is 0 Å². The third-order valence-electron chi connectivity index (χ3n) is 4.94. The lowest BCUT2D eigenvalue weighted by atomic mass is 10.1. The van der Waals surface area contributed by atoms with Crippen molar-refractivity contribution in [1.82, 2.24) is 35.8 Å². The first-order valence-corrected chi connectivity index (χ1v) is 10.2. The average molecular weight is 441 g/mol. The summed E-state index contributed by atoms with van der Waals surface area (Å²) in [7, 11) is 1.39. The van der Waals surface area contributed by atoms with Gasteiger partial charge in [-0.15, -0.1) is 10.2 Å². The van der Waals surface area contributed by atoms with Gasteiger partial charge < -0.3 is 20.1 Å². The Morgan fingerprint density at radius 3 is 3.03 bits per heavy atom. The van der Waals surface area contributed by atoms with Crippen LogP contribution in [0.4, 0.5) is 4.39 Å². The number of tetrazole rings is 1. The van der Waals surface area contributed by atoms with Gasteiger partial charge in [-0.2, -0.15) is 4.80 Å². The van der Waals surface area contributed by atoms with Crippen molar-refractivity contribution < 1.29 is 18.7 Å². The number of nitrogens with zero attached hydrogens (tertiary/aromatic N) is 5. The van der Waals surface area contributed by atoms with Crippen LogP contribution < -0.4 is 15.4 Å². The smallest absolute Gasteiger partial charge is 0.270 e. The molecule has 1 amide bonds. The van der Waals surface area contributed by atoms with Crippen molar-refractivity contribution in [3.8, 4) is 17.1 Å². The molecule has 1 fully saturated rings. The Balaban J connectivity index is 1.44. The molecule has 11 heteroatoms. The fourth-order valence-corrected chi connectivity index (χ4v) is 3.36. The van der Waals surface area contributed by atoms with Gasteiger partial charge in [0.05, 0.1) is 26.4 Å². The van der Waals surface area contributed by atoms with Gasteiger partial charge in [0.25, 0.3) is 5.91 Å². The van der Waals surface area contributed by atoms with Crippen molar-refractivity contribution in [3.63, 3.8) is 0 Å². The maximum Gasteiger partial charge on any atom is 0.270 e. The number of aryl methyl sites for hydroxylation is 1. The predicted octanol–water partition coefficient (Wildman–Crippen LogP) is 1.11. The monoisotopic (exact) mass is 441 g/mol. The molecule has 1 atom stereocenters. The Bertz CT molecular complexity index is 1100. The molecule has 10 nitrogen and oxygen atoms in total. The van der Waals surface area contributed by atoms with Gasteiger partial charge in [0.1, 0.15) is 5.69 Å². The number of benzene rings is 1. The van der Waals surface area contributed by atoms with Crippen LogP contribution in [0.1, 0.15) is 21.7 Å². The molecule has 0 saturated carbocycles. The first-order chi connectivity index (χ1) is 15.5. The summed E-state index contributed by atoms with van der Waals surface area (Å²) in [4.78, 5) is 18.5. The van der Waals surface area contributed by atoms with E-state index in [4.69, 9.17) is 9.47 Å². The molecule has 2 aromatic heterocycles. The molecule has 0 aliphatic carbocycles. The molecule has 1 aromatic carbocycles. The summed E-state index contributed by atoms with van der Waals surface area (Å²) in [6, 6.07) is 7.83. The minimum Gasteiger partial charge on any atom is -0.494 e. The summed E-state index contributed by atoms with van der Waals surface area (Å²) in [5.41, 5.74) is 2.21. The number of aromatic nitrogens is 5. The summed E-state index contributed by atoms with van der Waals surface area (Å²) in [5.74, 6) is -0.306. The van der Waals surface area contributed by atoms with Crippen molar-refractivity contribution in [2.75, 3.05) is 26.8 Å². The predicted molar refractivity (Wildman–Crippen MR) is 113 cm³/mol. The van der Waals surface area contributed by atoms with E-state index in [9.17, 15) is 9.18 Å². The maximum atomic E-state index is 13.6. The number of halogens is 1. The van der Waals surface area contributed by atoms with Crippen LogP contribution >= 0.6 is 0 Å². The number of pyridine rings is 1. The molecule has 4 rings (SSSR count). The zero-order chi connectivity index (χ0) is 22.5. The van der Waals surface area contributed by atoms with Gasteiger partial charge in [-0.1, -0.05) is 6.07 Å². The third-order valence-corrected chi connectivity index (χ3v) is 4.94. The first kappa shape index (κ1) is 21.8. The van der Waals surface area contributed by atoms with Gasteiger partial charge in [-0.3, -0.25) is 4.79 Å². The molecular formula is C21H24FN7O3. The molecule has 2 N–H and O–H groups in total. The summed E-state index contributed by atoms with van der Waals surface area (Å²) >= 11 is 0. The van der Waals surface area contributed by atoms with Crippen LogP contribution in [-0.4, -0.2) is 64.0 Å². The van der Waals surface area contributed by atoms with Crippen molar-refractivity contribution in [2.45, 2.75) is 26.1 Å². The van der Waals surface area contributed by atoms with Crippen LogP contribution in [0.25, 0.3) is 11.4 Å². The number of morpholine rings is 1. The number of methoxy groups -OCH3 is 1. The Morgan fingerprint density at radius 1 is 1.38 bits per heavy atom. The van der Waals surface area contributed by atoms with Gasteiger partial charge in [-0.25, -0.2) is 9.37 Å². The number of amides is 1. The zero-order valence-corrected chi connectivity index (χ0v) is 17.8. The van der Waals surface area contributed by atoms with Gasteiger partial charge >= 0.3 is 0 Å². The first-order valence-electron chi connectivity index (χ1n) is 10.2. The van der Waals surface area contributed by atoms with Gasteiger partial charge in [-0.05, 0) is 42.0 Å². The number of rotatable bonds is 7. The number of hydrogen-bond donors (Lipinski definition) is 2. The van der Waals surface area contributed by atoms with E-state index >= 15 is 0 Å². The SMILES string of the molecule is COc1cc(CNC(=O)c2cc(-c3nnn(C[C@H]4CNCCO4)n3)cc(C)n2)ccc1F. The molecule has 1 aliphatic heterocycles. The quantitative estimate of drug-likeness (QED) is 0.560. The standard InChI is InChI=1S/C21H24FN7O3/c1-13-7-15(20-26-28-29(27-20)12-16-11-23-5-6-32-16)9-18(25-13)21(30)24-10-14-3-4-17(22)19(8-14)31-2/h3-4,7-9,16,23H,5-6,10-12H2,1-2H3,(H,24,30)/t16-/m1/s1. The van der Waals surface area contributed by atoms with Crippen molar-refractivity contribution in [2.24, 2.45) is 0 Å². The normalized spacial score (nSPS) is 16.0. The van der Waals surface area contributed by atoms with Crippen LogP contribution in [0.2, 0.25) is 0 Å². The molecular weight excluding hydrogens is 417 g/mol. The van der Waals surface area contributed by atoms with E-state index in [0.717, 1.165) is 13.1 Å². The second-order valence-electron chi connectivity index (χ2n) is 7.40. The van der Waals surface area contributed by atoms with Crippen LogP contribution in [-0.2, 0) is 17.8 Å². The molecule has 3 heterocycles. The molecule has 1 saturated heterocycles. The largest absolute Gasteiger partial charge is 0.494 e. The molecule has 0 bridgehead atoms. The highest BCUT2D eigenvalue weighted by molar-refractivity contribution is 5.93. The molecule has 3 aromatic rings. The Labute approximate surface area is 184 Å². The molecule has 0 unspecified atom stereocenters. The van der Waals surface area contributed by atoms with E-state index in [-0.39, 0.29) is 30.0 Å². The number of hydrogen-bond acceptors (Lipinski definition) is 8. The van der Waals surface area contributed by atoms with E-state index in [0.29, 0.717) is 35.8 Å². The van der Waals surface area contributed by atoms with Crippen LogP contribution in [0, 0.1) is 12.7 Å². The third kappa shape index (κ3) is 5.24. The average Bonchev–Trinajstić information content (AvgIpc) is 3.27. The zero-order valence-electron chi connectivity index (χ0n) is 17.8. The maximum absolute atomic E-state index is 13.6. The molecule has 1 aliphatic rings. The summed E-state index contributed by atoms with van der Waals surface area (Å²) in [6.07, 6.45) is -0.0172. The van der Waals surface area contributed by atoms with E-state index in [1.165, 1.54) is 18.0 Å². The highest BCUT2D eigenvalue weighted by Gasteiger charge is 2.17. The second kappa shape index (κ2) is 9.79. The van der Waals surface area contributed by atoms with Gasteiger partial charge in [0, 0.05) is 30.9 Å². The lowest BCUT2D eigenvalue weighted by molar-refractivity contribution is 0.0133. The van der Waals surface area contributed by atoms with Crippen molar-refractivity contribution >= 4 is 5.91 Å². The number of nitrogens with one attached hydrogen (secondary N) is 2. The van der Waals surface area contributed by atoms with E-state index in [1.54, 1.807) is 31.2 Å².